The third-order valence-electron chi connectivity index (χ3n) is 7.57. The van der Waals surface area contributed by atoms with E-state index in [4.69, 9.17) is 0 Å². The van der Waals surface area contributed by atoms with Gasteiger partial charge in [-0.2, -0.15) is 0 Å². The van der Waals surface area contributed by atoms with E-state index < -0.39 is 0 Å². The second kappa shape index (κ2) is 9.77. The number of aryl methyl sites for hydroxylation is 1. The minimum absolute atomic E-state index is 0.0884. The van der Waals surface area contributed by atoms with Gasteiger partial charge in [-0.3, -0.25) is 0 Å². The van der Waals surface area contributed by atoms with E-state index in [-0.39, 0.29) is 5.82 Å². The lowest BCUT2D eigenvalue weighted by Gasteiger charge is -2.41. The third-order valence-corrected chi connectivity index (χ3v) is 7.57. The van der Waals surface area contributed by atoms with Crippen LogP contribution in [0.15, 0.2) is 67.3 Å². The normalized spacial score (nSPS) is 26.5. The molecule has 0 heterocycles. The maximum atomic E-state index is 14.5. The first kappa shape index (κ1) is 21.1. The Bertz CT molecular complexity index is 876. The summed E-state index contributed by atoms with van der Waals surface area (Å²) in [5.74, 6) is 3.15. The van der Waals surface area contributed by atoms with Crippen molar-refractivity contribution in [3.63, 3.8) is 0 Å². The van der Waals surface area contributed by atoms with Crippen molar-refractivity contribution in [2.45, 2.75) is 64.2 Å². The first-order valence-electron chi connectivity index (χ1n) is 11.8. The van der Waals surface area contributed by atoms with Crippen molar-refractivity contribution in [2.75, 3.05) is 0 Å². The second-order valence-electron chi connectivity index (χ2n) is 9.37. The highest BCUT2D eigenvalue weighted by Gasteiger charge is 2.35. The maximum absolute atomic E-state index is 14.5. The lowest BCUT2D eigenvalue weighted by Crippen LogP contribution is -2.29. The van der Waals surface area contributed by atoms with Gasteiger partial charge in [0.05, 0.1) is 0 Å². The summed E-state index contributed by atoms with van der Waals surface area (Å²) in [7, 11) is 0. The summed E-state index contributed by atoms with van der Waals surface area (Å²) in [6.45, 7) is 6.02. The number of fused-ring (bicyclic) bond motifs is 1. The predicted molar refractivity (Wildman–Crippen MR) is 126 cm³/mol. The number of hydrogen-bond acceptors (Lipinski definition) is 0. The molecular formula is C29H35F. The molecule has 4 atom stereocenters. The van der Waals surface area contributed by atoms with Crippen LogP contribution >= 0.6 is 0 Å². The van der Waals surface area contributed by atoms with Crippen LogP contribution in [0.2, 0.25) is 0 Å². The van der Waals surface area contributed by atoms with Gasteiger partial charge in [0.15, 0.2) is 0 Å². The molecule has 158 valence electrons. The summed E-state index contributed by atoms with van der Waals surface area (Å²) < 4.78 is 14.5. The minimum atomic E-state index is -0.0884. The molecule has 30 heavy (non-hydrogen) atoms. The van der Waals surface area contributed by atoms with E-state index in [0.29, 0.717) is 5.92 Å². The van der Waals surface area contributed by atoms with Crippen LogP contribution in [0.1, 0.15) is 68.9 Å². The average molecular weight is 403 g/mol. The van der Waals surface area contributed by atoms with Crippen LogP contribution < -0.4 is 0 Å². The lowest BCUT2D eigenvalue weighted by atomic mass is 9.64. The van der Waals surface area contributed by atoms with Gasteiger partial charge in [-0.25, -0.2) is 4.39 Å². The Labute approximate surface area is 181 Å². The van der Waals surface area contributed by atoms with Gasteiger partial charge in [-0.1, -0.05) is 54.6 Å². The van der Waals surface area contributed by atoms with Gasteiger partial charge in [0.1, 0.15) is 5.82 Å². The molecule has 2 fully saturated rings. The number of benzene rings is 2. The van der Waals surface area contributed by atoms with Gasteiger partial charge < -0.3 is 0 Å². The summed E-state index contributed by atoms with van der Waals surface area (Å²) in [6.07, 6.45) is 16.0. The van der Waals surface area contributed by atoms with Gasteiger partial charge in [0, 0.05) is 0 Å². The van der Waals surface area contributed by atoms with Gasteiger partial charge in [0.2, 0.25) is 0 Å². The molecule has 0 saturated heterocycles. The molecule has 0 spiro atoms. The minimum Gasteiger partial charge on any atom is -0.207 e. The molecule has 2 aromatic rings. The van der Waals surface area contributed by atoms with E-state index >= 15 is 0 Å². The van der Waals surface area contributed by atoms with E-state index in [9.17, 15) is 4.39 Å². The molecule has 0 N–H and O–H groups in total. The molecular weight excluding hydrogens is 367 g/mol. The van der Waals surface area contributed by atoms with Crippen LogP contribution in [0.3, 0.4) is 0 Å². The van der Waals surface area contributed by atoms with Crippen molar-refractivity contribution >= 4 is 0 Å². The molecule has 0 amide bonds. The molecule has 2 aliphatic carbocycles. The van der Waals surface area contributed by atoms with E-state index in [1.54, 1.807) is 6.07 Å². The Kier molecular flexibility index (Phi) is 6.87. The van der Waals surface area contributed by atoms with E-state index in [2.05, 4.69) is 49.1 Å². The molecule has 2 aromatic carbocycles. The van der Waals surface area contributed by atoms with Crippen molar-refractivity contribution in [1.29, 1.82) is 0 Å². The molecule has 0 nitrogen and oxygen atoms in total. The Morgan fingerprint density at radius 1 is 0.933 bits per heavy atom. The standard InChI is InChI=1S/C29H35F/c1-3-5-6-7-24-14-15-28(20-29(24)30)23-12-10-22(11-13-23)26-17-16-25-18-21(4-2)8-9-27(25)19-26/h3-5,10-15,20-21,25-27H,2,6-9,16-19H2,1H3/b5-3+. The van der Waals surface area contributed by atoms with Crippen molar-refractivity contribution in [2.24, 2.45) is 17.8 Å². The number of rotatable bonds is 6. The van der Waals surface area contributed by atoms with Crippen LogP contribution in [0.5, 0.6) is 0 Å². The summed E-state index contributed by atoms with van der Waals surface area (Å²) in [6, 6.07) is 14.6. The van der Waals surface area contributed by atoms with Crippen molar-refractivity contribution in [1.82, 2.24) is 0 Å². The second-order valence-corrected chi connectivity index (χ2v) is 9.37. The van der Waals surface area contributed by atoms with Crippen molar-refractivity contribution in [3.8, 4) is 11.1 Å². The zero-order valence-corrected chi connectivity index (χ0v) is 18.3. The summed E-state index contributed by atoms with van der Waals surface area (Å²) in [5.41, 5.74) is 4.35. The highest BCUT2D eigenvalue weighted by molar-refractivity contribution is 5.64. The third kappa shape index (κ3) is 4.77. The molecule has 0 radical (unpaired) electrons. The molecule has 4 unspecified atom stereocenters. The van der Waals surface area contributed by atoms with Crippen LogP contribution in [0.4, 0.5) is 4.39 Å². The van der Waals surface area contributed by atoms with Gasteiger partial charge in [0.25, 0.3) is 0 Å². The number of hydrogen-bond donors (Lipinski definition) is 0. The van der Waals surface area contributed by atoms with Crippen LogP contribution in [-0.4, -0.2) is 0 Å². The molecule has 0 aromatic heterocycles. The van der Waals surface area contributed by atoms with E-state index in [1.165, 1.54) is 44.1 Å². The fourth-order valence-corrected chi connectivity index (χ4v) is 5.73. The maximum Gasteiger partial charge on any atom is 0.127 e. The number of allylic oxidation sites excluding steroid dienone is 3. The fourth-order valence-electron chi connectivity index (χ4n) is 5.73. The van der Waals surface area contributed by atoms with Crippen LogP contribution in [0.25, 0.3) is 11.1 Å². The smallest absolute Gasteiger partial charge is 0.127 e. The van der Waals surface area contributed by atoms with Gasteiger partial charge in [-0.05, 0) is 110 Å². The SMILES string of the molecule is C=CC1CCC2CC(c3ccc(-c4ccc(CC/C=C/C)c(F)c4)cc3)CCC2C1. The summed E-state index contributed by atoms with van der Waals surface area (Å²) in [5, 5.41) is 0. The summed E-state index contributed by atoms with van der Waals surface area (Å²) in [4.78, 5) is 0. The van der Waals surface area contributed by atoms with E-state index in [0.717, 1.165) is 47.3 Å². The number of halogens is 1. The highest BCUT2D eigenvalue weighted by atomic mass is 19.1. The molecule has 1 heteroatoms. The Morgan fingerprint density at radius 2 is 1.67 bits per heavy atom. The Morgan fingerprint density at radius 3 is 2.40 bits per heavy atom. The molecule has 0 aliphatic heterocycles. The summed E-state index contributed by atoms with van der Waals surface area (Å²) >= 11 is 0. The van der Waals surface area contributed by atoms with Crippen molar-refractivity contribution < 1.29 is 4.39 Å². The fraction of sp³-hybridized carbons (Fsp3) is 0.448. The lowest BCUT2D eigenvalue weighted by molar-refractivity contribution is 0.133. The zero-order valence-electron chi connectivity index (χ0n) is 18.3. The van der Waals surface area contributed by atoms with Gasteiger partial charge in [-0.15, -0.1) is 6.58 Å². The quantitative estimate of drug-likeness (QED) is 0.425. The monoisotopic (exact) mass is 402 g/mol. The van der Waals surface area contributed by atoms with Crippen LogP contribution in [-0.2, 0) is 6.42 Å². The largest absolute Gasteiger partial charge is 0.207 e. The molecule has 2 saturated carbocycles. The molecule has 0 bridgehead atoms. The Balaban J connectivity index is 1.41. The zero-order chi connectivity index (χ0) is 20.9. The van der Waals surface area contributed by atoms with E-state index in [1.807, 2.05) is 19.1 Å². The predicted octanol–water partition coefficient (Wildman–Crippen LogP) is 8.49. The van der Waals surface area contributed by atoms with Crippen molar-refractivity contribution in [3.05, 3.63) is 84.2 Å². The Hall–Kier alpha value is -2.15. The first-order valence-corrected chi connectivity index (χ1v) is 11.8. The average Bonchev–Trinajstić information content (AvgIpc) is 2.79. The topological polar surface area (TPSA) is 0 Å². The molecule has 2 aliphatic rings. The van der Waals surface area contributed by atoms with Gasteiger partial charge >= 0.3 is 0 Å². The first-order chi connectivity index (χ1) is 14.7. The highest BCUT2D eigenvalue weighted by Crippen LogP contribution is 2.47. The van der Waals surface area contributed by atoms with Crippen LogP contribution in [0, 0.1) is 23.6 Å². The molecule has 4 rings (SSSR count).